The fourth-order valence-corrected chi connectivity index (χ4v) is 7.18. The van der Waals surface area contributed by atoms with Crippen LogP contribution in [0, 0.1) is 11.7 Å². The van der Waals surface area contributed by atoms with E-state index in [0.29, 0.717) is 49.3 Å². The Morgan fingerprint density at radius 3 is 2.46 bits per heavy atom. The maximum Gasteiger partial charge on any atom is 0.237 e. The van der Waals surface area contributed by atoms with E-state index in [-0.39, 0.29) is 29.6 Å². The second kappa shape index (κ2) is 11.6. The molecule has 3 saturated heterocycles. The van der Waals surface area contributed by atoms with E-state index in [1.165, 1.54) is 12.1 Å². The number of anilines is 2. The van der Waals surface area contributed by atoms with Crippen LogP contribution in [0.25, 0.3) is 33.5 Å². The van der Waals surface area contributed by atoms with Gasteiger partial charge >= 0.3 is 0 Å². The number of rotatable bonds is 7. The van der Waals surface area contributed by atoms with Crippen molar-refractivity contribution in [3.8, 4) is 22.6 Å². The number of carbonyl (C=O) groups is 2. The highest BCUT2D eigenvalue weighted by Gasteiger charge is 2.45. The molecule has 0 aliphatic carbocycles. The van der Waals surface area contributed by atoms with Gasteiger partial charge in [0.05, 0.1) is 29.7 Å². The molecule has 2 N–H and O–H groups in total. The minimum absolute atomic E-state index is 0.0538. The number of likely N-dealkylation sites (tertiary alicyclic amines) is 2. The zero-order valence-electron chi connectivity index (χ0n) is 25.1. The molecule has 5 aromatic rings. The molecule has 0 saturated carbocycles. The molecule has 3 aromatic carbocycles. The van der Waals surface area contributed by atoms with Gasteiger partial charge in [0, 0.05) is 66.0 Å². The van der Waals surface area contributed by atoms with Crippen LogP contribution in [0.4, 0.5) is 15.8 Å². The molecule has 3 fully saturated rings. The predicted molar refractivity (Wildman–Crippen MR) is 173 cm³/mol. The van der Waals surface area contributed by atoms with Gasteiger partial charge in [0.1, 0.15) is 5.82 Å². The number of aromatic amines is 1. The van der Waals surface area contributed by atoms with E-state index in [0.717, 1.165) is 47.2 Å². The van der Waals surface area contributed by atoms with Gasteiger partial charge < -0.3 is 15.1 Å². The molecule has 3 aliphatic rings. The number of fused-ring (bicyclic) bond motifs is 3. The lowest BCUT2D eigenvalue weighted by atomic mass is 10.1. The maximum atomic E-state index is 13.4. The van der Waals surface area contributed by atoms with E-state index < -0.39 is 0 Å². The molecule has 2 amide bonds. The number of hydrogen-bond acceptors (Lipinski definition) is 7. The van der Waals surface area contributed by atoms with Crippen molar-refractivity contribution in [1.82, 2.24) is 30.0 Å². The van der Waals surface area contributed by atoms with Gasteiger partial charge in [-0.2, -0.15) is 5.10 Å². The van der Waals surface area contributed by atoms with Crippen molar-refractivity contribution in [3.63, 3.8) is 0 Å². The number of hydrogen-bond donors (Lipinski definition) is 2. The first-order valence-electron chi connectivity index (χ1n) is 15.7. The summed E-state index contributed by atoms with van der Waals surface area (Å²) in [6.45, 7) is 3.15. The van der Waals surface area contributed by atoms with Gasteiger partial charge in [0.2, 0.25) is 11.8 Å². The largest absolute Gasteiger partial charge is 0.365 e. The van der Waals surface area contributed by atoms with E-state index in [9.17, 15) is 14.0 Å². The lowest BCUT2D eigenvalue weighted by Gasteiger charge is -2.36. The molecule has 3 aliphatic heterocycles. The monoisotopic (exact) mass is 616 g/mol. The van der Waals surface area contributed by atoms with E-state index in [2.05, 4.69) is 59.5 Å². The molecule has 232 valence electrons. The van der Waals surface area contributed by atoms with Crippen molar-refractivity contribution < 1.29 is 14.0 Å². The van der Waals surface area contributed by atoms with Crippen LogP contribution in [0.5, 0.6) is 0 Å². The van der Waals surface area contributed by atoms with Crippen molar-refractivity contribution in [2.45, 2.75) is 24.9 Å². The van der Waals surface area contributed by atoms with Crippen LogP contribution in [0.15, 0.2) is 85.2 Å². The van der Waals surface area contributed by atoms with Gasteiger partial charge in [-0.25, -0.2) is 14.4 Å². The number of piperazine rings is 1. The molecule has 46 heavy (non-hydrogen) atoms. The Kier molecular flexibility index (Phi) is 7.17. The normalized spacial score (nSPS) is 20.9. The summed E-state index contributed by atoms with van der Waals surface area (Å²) in [5, 5.41) is 11.3. The summed E-state index contributed by atoms with van der Waals surface area (Å²) in [5.74, 6) is 0.300. The third-order valence-corrected chi connectivity index (χ3v) is 9.53. The van der Waals surface area contributed by atoms with Crippen molar-refractivity contribution in [2.24, 2.45) is 5.92 Å². The van der Waals surface area contributed by atoms with Crippen LogP contribution < -0.4 is 10.2 Å². The highest BCUT2D eigenvalue weighted by Crippen LogP contribution is 2.36. The minimum atomic E-state index is -0.305. The van der Waals surface area contributed by atoms with Crippen molar-refractivity contribution in [1.29, 1.82) is 0 Å². The molecule has 11 heteroatoms. The summed E-state index contributed by atoms with van der Waals surface area (Å²) in [6.07, 6.45) is 5.17. The topological polar surface area (TPSA) is 110 Å². The first-order chi connectivity index (χ1) is 22.5. The molecular weight excluding hydrogens is 583 g/mol. The standard InChI is InChI=1S/C35H33FN8O2/c36-25-6-2-22(3-7-25)33-30-16-26(8-11-31(30)40-41-33)39-35(46)24-12-15-42(18-24)21-32(45)44-20-28-17-29(44)19-43(28)27-9-4-23(5-10-27)34-37-13-1-14-38-34/h1-11,13-14,16,24,28-29H,12,15,17-21H2,(H,39,46)(H,40,41)/t24-,28+,29+/m1/s1. The second-order valence-electron chi connectivity index (χ2n) is 12.4. The van der Waals surface area contributed by atoms with E-state index in [1.54, 1.807) is 24.5 Å². The Morgan fingerprint density at radius 2 is 1.70 bits per heavy atom. The van der Waals surface area contributed by atoms with Gasteiger partial charge in [-0.15, -0.1) is 0 Å². The summed E-state index contributed by atoms with van der Waals surface area (Å²) in [7, 11) is 0. The average Bonchev–Trinajstić information content (AvgIpc) is 3.90. The van der Waals surface area contributed by atoms with Gasteiger partial charge in [0.15, 0.2) is 5.82 Å². The number of benzene rings is 3. The third-order valence-electron chi connectivity index (χ3n) is 9.53. The molecule has 0 unspecified atom stereocenters. The van der Waals surface area contributed by atoms with Gasteiger partial charge in [-0.3, -0.25) is 19.6 Å². The number of nitrogens with zero attached hydrogens (tertiary/aromatic N) is 6. The zero-order chi connectivity index (χ0) is 31.2. The smallest absolute Gasteiger partial charge is 0.237 e. The Balaban J connectivity index is 0.849. The molecule has 10 nitrogen and oxygen atoms in total. The van der Waals surface area contributed by atoms with Crippen LogP contribution in [0.1, 0.15) is 12.8 Å². The SMILES string of the molecule is O=C(Nc1ccc2[nH]nc(-c3ccc(F)cc3)c2c1)[C@@H]1CCN(CC(=O)N2C[C@@H]3C[C@H]2CN3c2ccc(-c3ncccn3)cc2)C1. The first kappa shape index (κ1) is 28.3. The summed E-state index contributed by atoms with van der Waals surface area (Å²) < 4.78 is 13.4. The zero-order valence-corrected chi connectivity index (χ0v) is 25.1. The average molecular weight is 617 g/mol. The Morgan fingerprint density at radius 1 is 0.913 bits per heavy atom. The number of halogens is 1. The number of H-pyrrole nitrogens is 1. The molecule has 8 rings (SSSR count). The highest BCUT2D eigenvalue weighted by molar-refractivity contribution is 5.99. The Bertz CT molecular complexity index is 1900. The Hall–Kier alpha value is -5.16. The summed E-state index contributed by atoms with van der Waals surface area (Å²) in [6, 6.07) is 22.5. The van der Waals surface area contributed by atoms with Gasteiger partial charge in [-0.1, -0.05) is 0 Å². The van der Waals surface area contributed by atoms with Gasteiger partial charge in [0.25, 0.3) is 0 Å². The van der Waals surface area contributed by atoms with Crippen LogP contribution in [-0.4, -0.2) is 86.6 Å². The molecule has 2 bridgehead atoms. The lowest BCUT2D eigenvalue weighted by molar-refractivity contribution is -0.133. The molecule has 0 spiro atoms. The van der Waals surface area contributed by atoms with Crippen molar-refractivity contribution in [3.05, 3.63) is 91.0 Å². The van der Waals surface area contributed by atoms with Crippen LogP contribution in [0.3, 0.4) is 0 Å². The minimum Gasteiger partial charge on any atom is -0.365 e. The van der Waals surface area contributed by atoms with E-state index in [1.807, 2.05) is 29.2 Å². The predicted octanol–water partition coefficient (Wildman–Crippen LogP) is 4.58. The van der Waals surface area contributed by atoms with Crippen molar-refractivity contribution >= 4 is 34.1 Å². The van der Waals surface area contributed by atoms with Crippen LogP contribution in [0.2, 0.25) is 0 Å². The molecule has 0 radical (unpaired) electrons. The van der Waals surface area contributed by atoms with E-state index in [4.69, 9.17) is 0 Å². The second-order valence-corrected chi connectivity index (χ2v) is 12.4. The number of nitrogens with one attached hydrogen (secondary N) is 2. The third kappa shape index (κ3) is 5.36. The molecule has 3 atom stereocenters. The number of aromatic nitrogens is 4. The van der Waals surface area contributed by atoms with Crippen LogP contribution >= 0.6 is 0 Å². The highest BCUT2D eigenvalue weighted by atomic mass is 19.1. The number of amides is 2. The number of carbonyl (C=O) groups excluding carboxylic acids is 2. The van der Waals surface area contributed by atoms with Gasteiger partial charge in [-0.05, 0) is 92.2 Å². The first-order valence-corrected chi connectivity index (χ1v) is 15.7. The molecular formula is C35H33FN8O2. The summed E-state index contributed by atoms with van der Waals surface area (Å²) in [4.78, 5) is 41.8. The fraction of sp³-hybridized carbons (Fsp3) is 0.286. The Labute approximate surface area is 265 Å². The summed E-state index contributed by atoms with van der Waals surface area (Å²) >= 11 is 0. The summed E-state index contributed by atoms with van der Waals surface area (Å²) in [5.41, 5.74) is 5.14. The fourth-order valence-electron chi connectivity index (χ4n) is 7.18. The lowest BCUT2D eigenvalue weighted by Crippen LogP contribution is -2.51. The maximum absolute atomic E-state index is 13.4. The molecule has 5 heterocycles. The van der Waals surface area contributed by atoms with Crippen LogP contribution in [-0.2, 0) is 9.59 Å². The van der Waals surface area contributed by atoms with Crippen molar-refractivity contribution in [2.75, 3.05) is 42.9 Å². The molecule has 2 aromatic heterocycles. The van der Waals surface area contributed by atoms with E-state index >= 15 is 0 Å². The quantitative estimate of drug-likeness (QED) is 0.276.